The molecule has 0 radical (unpaired) electrons. The topological polar surface area (TPSA) is 41.6 Å². The molecule has 0 spiro atoms. The molecule has 0 saturated carbocycles. The van der Waals surface area contributed by atoms with Gasteiger partial charge in [-0.1, -0.05) is 30.7 Å². The number of hydrogen-bond acceptors (Lipinski definition) is 2. The Hall–Kier alpha value is -1.35. The van der Waals surface area contributed by atoms with Crippen molar-refractivity contribution in [3.63, 3.8) is 0 Å². The van der Waals surface area contributed by atoms with Crippen LogP contribution in [0.15, 0.2) is 24.4 Å². The third-order valence-electron chi connectivity index (χ3n) is 3.07. The van der Waals surface area contributed by atoms with Crippen molar-refractivity contribution in [2.24, 2.45) is 0 Å². The van der Waals surface area contributed by atoms with E-state index in [2.05, 4.69) is 34.5 Å². The summed E-state index contributed by atoms with van der Waals surface area (Å²) < 4.78 is 0. The molecule has 3 nitrogen and oxygen atoms in total. The molecule has 0 saturated heterocycles. The van der Waals surface area contributed by atoms with Crippen LogP contribution in [0.4, 0.5) is 0 Å². The minimum Gasteiger partial charge on any atom is -0.198 e. The zero-order valence-electron chi connectivity index (χ0n) is 10.1. The Labute approximate surface area is 106 Å². The van der Waals surface area contributed by atoms with E-state index in [4.69, 9.17) is 11.6 Å². The molecular formula is C13H16ClN3. The first kappa shape index (κ1) is 12.1. The van der Waals surface area contributed by atoms with E-state index in [0.717, 1.165) is 29.1 Å². The fraction of sp³-hybridized carbons (Fsp3) is 0.385. The van der Waals surface area contributed by atoms with Gasteiger partial charge in [0.1, 0.15) is 0 Å². The first-order valence-corrected chi connectivity index (χ1v) is 6.19. The summed E-state index contributed by atoms with van der Waals surface area (Å²) in [5.41, 5.74) is 3.45. The second-order valence-corrected chi connectivity index (χ2v) is 4.69. The van der Waals surface area contributed by atoms with Gasteiger partial charge in [0.05, 0.1) is 11.9 Å². The van der Waals surface area contributed by atoms with Crippen molar-refractivity contribution >= 4 is 11.6 Å². The van der Waals surface area contributed by atoms with Crippen molar-refractivity contribution in [1.82, 2.24) is 15.4 Å². The minimum absolute atomic E-state index is 0.469. The minimum atomic E-state index is 0.469. The van der Waals surface area contributed by atoms with E-state index in [-0.39, 0.29) is 0 Å². The number of nitrogens with zero attached hydrogens (tertiary/aromatic N) is 2. The Morgan fingerprint density at radius 2 is 2.24 bits per heavy atom. The number of nitrogens with one attached hydrogen (secondary N) is 1. The zero-order chi connectivity index (χ0) is 12.3. The van der Waals surface area contributed by atoms with Crippen LogP contribution in [-0.4, -0.2) is 15.4 Å². The summed E-state index contributed by atoms with van der Waals surface area (Å²) in [6, 6.07) is 6.23. The molecule has 0 fully saturated rings. The first-order chi connectivity index (χ1) is 8.20. The zero-order valence-corrected chi connectivity index (χ0v) is 10.8. The van der Waals surface area contributed by atoms with Crippen LogP contribution in [0.2, 0.25) is 5.02 Å². The first-order valence-electron chi connectivity index (χ1n) is 5.81. The van der Waals surface area contributed by atoms with Crippen molar-refractivity contribution in [3.8, 4) is 0 Å². The van der Waals surface area contributed by atoms with Gasteiger partial charge < -0.3 is 0 Å². The SMILES string of the molecule is CCC(Cc1cn[nH]n1)c1ccc(Cl)c(C)c1. The van der Waals surface area contributed by atoms with Crippen molar-refractivity contribution in [1.29, 1.82) is 0 Å². The quantitative estimate of drug-likeness (QED) is 0.901. The van der Waals surface area contributed by atoms with Crippen LogP contribution in [0, 0.1) is 6.92 Å². The van der Waals surface area contributed by atoms with Gasteiger partial charge in [-0.15, -0.1) is 0 Å². The molecule has 0 amide bonds. The molecule has 17 heavy (non-hydrogen) atoms. The summed E-state index contributed by atoms with van der Waals surface area (Å²) in [5, 5.41) is 11.4. The van der Waals surface area contributed by atoms with E-state index in [1.807, 2.05) is 13.0 Å². The van der Waals surface area contributed by atoms with Gasteiger partial charge >= 0.3 is 0 Å². The number of aromatic nitrogens is 3. The third kappa shape index (κ3) is 2.86. The molecule has 0 bridgehead atoms. The van der Waals surface area contributed by atoms with E-state index in [9.17, 15) is 0 Å². The number of aryl methyl sites for hydroxylation is 1. The Morgan fingerprint density at radius 3 is 2.82 bits per heavy atom. The van der Waals surface area contributed by atoms with Crippen molar-refractivity contribution in [3.05, 3.63) is 46.2 Å². The summed E-state index contributed by atoms with van der Waals surface area (Å²) in [6.07, 6.45) is 3.77. The highest BCUT2D eigenvalue weighted by atomic mass is 35.5. The molecule has 0 aliphatic rings. The smallest absolute Gasteiger partial charge is 0.0830 e. The van der Waals surface area contributed by atoms with E-state index in [0.29, 0.717) is 5.92 Å². The highest BCUT2D eigenvalue weighted by Gasteiger charge is 2.12. The van der Waals surface area contributed by atoms with Crippen LogP contribution in [0.5, 0.6) is 0 Å². The molecule has 2 aromatic rings. The summed E-state index contributed by atoms with van der Waals surface area (Å²) in [7, 11) is 0. The Balaban J connectivity index is 2.20. The standard InChI is InChI=1S/C13H16ClN3/c1-3-10(7-12-8-15-17-16-12)11-4-5-13(14)9(2)6-11/h4-6,8,10H,3,7H2,1-2H3,(H,15,16,17). The molecule has 4 heteroatoms. The van der Waals surface area contributed by atoms with Crippen LogP contribution < -0.4 is 0 Å². The molecule has 0 aliphatic heterocycles. The predicted octanol–water partition coefficient (Wildman–Crippen LogP) is 3.50. The van der Waals surface area contributed by atoms with E-state index >= 15 is 0 Å². The Bertz CT molecular complexity index is 479. The van der Waals surface area contributed by atoms with E-state index in [1.165, 1.54) is 5.56 Å². The largest absolute Gasteiger partial charge is 0.198 e. The van der Waals surface area contributed by atoms with Crippen LogP contribution in [0.1, 0.15) is 36.1 Å². The highest BCUT2D eigenvalue weighted by Crippen LogP contribution is 2.26. The maximum absolute atomic E-state index is 6.04. The lowest BCUT2D eigenvalue weighted by Crippen LogP contribution is -2.02. The monoisotopic (exact) mass is 249 g/mol. The van der Waals surface area contributed by atoms with E-state index in [1.54, 1.807) is 6.20 Å². The van der Waals surface area contributed by atoms with Crippen molar-refractivity contribution in [2.75, 3.05) is 0 Å². The maximum atomic E-state index is 6.04. The normalized spacial score (nSPS) is 12.6. The highest BCUT2D eigenvalue weighted by molar-refractivity contribution is 6.31. The number of rotatable bonds is 4. The average Bonchev–Trinajstić information content (AvgIpc) is 2.82. The lowest BCUT2D eigenvalue weighted by molar-refractivity contribution is 0.647. The van der Waals surface area contributed by atoms with Gasteiger partial charge in [0, 0.05) is 5.02 Å². The van der Waals surface area contributed by atoms with Crippen LogP contribution in [-0.2, 0) is 6.42 Å². The van der Waals surface area contributed by atoms with Gasteiger partial charge in [-0.3, -0.25) is 0 Å². The second-order valence-electron chi connectivity index (χ2n) is 4.28. The third-order valence-corrected chi connectivity index (χ3v) is 3.49. The van der Waals surface area contributed by atoms with Gasteiger partial charge in [-0.2, -0.15) is 15.4 Å². The molecular weight excluding hydrogens is 234 g/mol. The summed E-state index contributed by atoms with van der Waals surface area (Å²) in [5.74, 6) is 0.469. The number of benzene rings is 1. The fourth-order valence-corrected chi connectivity index (χ4v) is 2.11. The molecule has 2 rings (SSSR count). The van der Waals surface area contributed by atoms with Crippen LogP contribution >= 0.6 is 11.6 Å². The molecule has 1 aromatic heterocycles. The maximum Gasteiger partial charge on any atom is 0.0830 e. The van der Waals surface area contributed by atoms with E-state index < -0.39 is 0 Å². The van der Waals surface area contributed by atoms with Crippen molar-refractivity contribution < 1.29 is 0 Å². The summed E-state index contributed by atoms with van der Waals surface area (Å²) in [4.78, 5) is 0. The van der Waals surface area contributed by atoms with Crippen LogP contribution in [0.25, 0.3) is 0 Å². The molecule has 90 valence electrons. The fourth-order valence-electron chi connectivity index (χ4n) is 2.00. The lowest BCUT2D eigenvalue weighted by Gasteiger charge is -2.14. The van der Waals surface area contributed by atoms with Gasteiger partial charge in [-0.25, -0.2) is 0 Å². The van der Waals surface area contributed by atoms with Crippen molar-refractivity contribution in [2.45, 2.75) is 32.6 Å². The lowest BCUT2D eigenvalue weighted by atomic mass is 9.91. The summed E-state index contributed by atoms with van der Waals surface area (Å²) >= 11 is 6.04. The molecule has 1 aromatic carbocycles. The molecule has 0 aliphatic carbocycles. The number of aromatic amines is 1. The number of hydrogen-bond donors (Lipinski definition) is 1. The van der Waals surface area contributed by atoms with Gasteiger partial charge in [-0.05, 0) is 42.9 Å². The number of halogens is 1. The molecule has 1 atom stereocenters. The van der Waals surface area contributed by atoms with Gasteiger partial charge in [0.2, 0.25) is 0 Å². The van der Waals surface area contributed by atoms with Gasteiger partial charge in [0.25, 0.3) is 0 Å². The predicted molar refractivity (Wildman–Crippen MR) is 69.3 cm³/mol. The van der Waals surface area contributed by atoms with Gasteiger partial charge in [0.15, 0.2) is 0 Å². The van der Waals surface area contributed by atoms with Crippen LogP contribution in [0.3, 0.4) is 0 Å². The second kappa shape index (κ2) is 5.32. The molecule has 1 unspecified atom stereocenters. The Morgan fingerprint density at radius 1 is 1.41 bits per heavy atom. The molecule has 1 N–H and O–H groups in total. The number of H-pyrrole nitrogens is 1. The molecule has 1 heterocycles. The summed E-state index contributed by atoms with van der Waals surface area (Å²) in [6.45, 7) is 4.23. The Kier molecular flexibility index (Phi) is 3.79. The average molecular weight is 250 g/mol.